The molecule has 0 spiro atoms. The highest BCUT2D eigenvalue weighted by atomic mass is 16.5. The van der Waals surface area contributed by atoms with Crippen LogP contribution in [0.1, 0.15) is 43.7 Å². The standard InChI is InChI=1S/C16H25NO/c1-12-8-9-16(18-3)15(10-12)11-17-13(2)14-6-4-5-7-14/h8-10,13-14,17H,4-7,11H2,1-3H3/t13-/m0/s1. The van der Waals surface area contributed by atoms with Crippen molar-refractivity contribution >= 4 is 0 Å². The van der Waals surface area contributed by atoms with Crippen LogP contribution in [-0.4, -0.2) is 13.2 Å². The van der Waals surface area contributed by atoms with E-state index in [1.165, 1.54) is 36.8 Å². The fourth-order valence-corrected chi connectivity index (χ4v) is 2.94. The van der Waals surface area contributed by atoms with Gasteiger partial charge in [-0.1, -0.05) is 30.5 Å². The molecule has 1 fully saturated rings. The third kappa shape index (κ3) is 3.26. The number of methoxy groups -OCH3 is 1. The summed E-state index contributed by atoms with van der Waals surface area (Å²) in [6, 6.07) is 6.99. The normalized spacial score (nSPS) is 17.9. The third-order valence-corrected chi connectivity index (χ3v) is 4.16. The van der Waals surface area contributed by atoms with E-state index in [1.54, 1.807) is 7.11 Å². The SMILES string of the molecule is COc1ccc(C)cc1CN[C@@H](C)C1CCCC1. The van der Waals surface area contributed by atoms with Gasteiger partial charge in [-0.3, -0.25) is 0 Å². The summed E-state index contributed by atoms with van der Waals surface area (Å²) in [6.45, 7) is 5.35. The maximum atomic E-state index is 5.42. The van der Waals surface area contributed by atoms with E-state index < -0.39 is 0 Å². The van der Waals surface area contributed by atoms with Gasteiger partial charge in [-0.25, -0.2) is 0 Å². The number of aryl methyl sites for hydroxylation is 1. The molecule has 1 N–H and O–H groups in total. The van der Waals surface area contributed by atoms with E-state index in [4.69, 9.17) is 4.74 Å². The largest absolute Gasteiger partial charge is 0.496 e. The Morgan fingerprint density at radius 2 is 2.06 bits per heavy atom. The summed E-state index contributed by atoms with van der Waals surface area (Å²) in [5.41, 5.74) is 2.56. The van der Waals surface area contributed by atoms with Gasteiger partial charge in [0.05, 0.1) is 7.11 Å². The van der Waals surface area contributed by atoms with Crippen LogP contribution in [0.15, 0.2) is 18.2 Å². The molecule has 0 amide bonds. The van der Waals surface area contributed by atoms with Crippen molar-refractivity contribution in [3.8, 4) is 5.75 Å². The average molecular weight is 247 g/mol. The molecule has 100 valence electrons. The minimum absolute atomic E-state index is 0.609. The van der Waals surface area contributed by atoms with Crippen LogP contribution >= 0.6 is 0 Å². The van der Waals surface area contributed by atoms with Crippen molar-refractivity contribution in [1.29, 1.82) is 0 Å². The summed E-state index contributed by atoms with van der Waals surface area (Å²) < 4.78 is 5.42. The van der Waals surface area contributed by atoms with E-state index in [0.29, 0.717) is 6.04 Å². The van der Waals surface area contributed by atoms with Gasteiger partial charge >= 0.3 is 0 Å². The summed E-state index contributed by atoms with van der Waals surface area (Å²) in [5, 5.41) is 3.66. The van der Waals surface area contributed by atoms with Crippen molar-refractivity contribution in [3.63, 3.8) is 0 Å². The Balaban J connectivity index is 1.94. The average Bonchev–Trinajstić information content (AvgIpc) is 2.90. The fourth-order valence-electron chi connectivity index (χ4n) is 2.94. The van der Waals surface area contributed by atoms with Crippen LogP contribution in [0.2, 0.25) is 0 Å². The van der Waals surface area contributed by atoms with E-state index in [2.05, 4.69) is 37.4 Å². The zero-order chi connectivity index (χ0) is 13.0. The van der Waals surface area contributed by atoms with Crippen molar-refractivity contribution in [3.05, 3.63) is 29.3 Å². The number of benzene rings is 1. The summed E-state index contributed by atoms with van der Waals surface area (Å²) in [7, 11) is 1.74. The monoisotopic (exact) mass is 247 g/mol. The molecular weight excluding hydrogens is 222 g/mol. The van der Waals surface area contributed by atoms with Crippen LogP contribution in [-0.2, 0) is 6.54 Å². The van der Waals surface area contributed by atoms with Gasteiger partial charge in [0.15, 0.2) is 0 Å². The van der Waals surface area contributed by atoms with Gasteiger partial charge in [0, 0.05) is 18.2 Å². The predicted octanol–water partition coefficient (Wildman–Crippen LogP) is 3.67. The van der Waals surface area contributed by atoms with Gasteiger partial charge in [0.25, 0.3) is 0 Å². The summed E-state index contributed by atoms with van der Waals surface area (Å²) in [6.07, 6.45) is 5.59. The molecule has 0 unspecified atom stereocenters. The molecule has 0 heterocycles. The Bertz CT molecular complexity index is 383. The first-order chi connectivity index (χ1) is 8.70. The second-order valence-electron chi connectivity index (χ2n) is 5.53. The van der Waals surface area contributed by atoms with Gasteiger partial charge in [-0.05, 0) is 38.7 Å². The molecule has 0 bridgehead atoms. The van der Waals surface area contributed by atoms with E-state index >= 15 is 0 Å². The van der Waals surface area contributed by atoms with Crippen LogP contribution in [0.3, 0.4) is 0 Å². The van der Waals surface area contributed by atoms with E-state index in [0.717, 1.165) is 18.2 Å². The molecule has 18 heavy (non-hydrogen) atoms. The number of ether oxygens (including phenoxy) is 1. The Labute approximate surface area is 111 Å². The molecule has 2 heteroatoms. The third-order valence-electron chi connectivity index (χ3n) is 4.16. The minimum atomic E-state index is 0.609. The highest BCUT2D eigenvalue weighted by Gasteiger charge is 2.21. The first-order valence-corrected chi connectivity index (χ1v) is 7.07. The quantitative estimate of drug-likeness (QED) is 0.857. The molecular formula is C16H25NO. The maximum absolute atomic E-state index is 5.42. The molecule has 2 nitrogen and oxygen atoms in total. The Morgan fingerprint density at radius 3 is 2.72 bits per heavy atom. The van der Waals surface area contributed by atoms with Crippen LogP contribution in [0.25, 0.3) is 0 Å². The number of rotatable bonds is 5. The lowest BCUT2D eigenvalue weighted by molar-refractivity contribution is 0.371. The van der Waals surface area contributed by atoms with Crippen molar-refractivity contribution in [2.45, 2.75) is 52.1 Å². The van der Waals surface area contributed by atoms with Gasteiger partial charge in [0.1, 0.15) is 5.75 Å². The van der Waals surface area contributed by atoms with Gasteiger partial charge in [-0.15, -0.1) is 0 Å². The zero-order valence-corrected chi connectivity index (χ0v) is 11.8. The predicted molar refractivity (Wildman–Crippen MR) is 76.0 cm³/mol. The minimum Gasteiger partial charge on any atom is -0.496 e. The number of nitrogens with one attached hydrogen (secondary N) is 1. The zero-order valence-electron chi connectivity index (χ0n) is 11.8. The van der Waals surface area contributed by atoms with E-state index in [-0.39, 0.29) is 0 Å². The van der Waals surface area contributed by atoms with E-state index in [1.807, 2.05) is 0 Å². The second kappa shape index (κ2) is 6.24. The van der Waals surface area contributed by atoms with Crippen molar-refractivity contribution in [2.24, 2.45) is 5.92 Å². The van der Waals surface area contributed by atoms with Crippen molar-refractivity contribution in [2.75, 3.05) is 7.11 Å². The van der Waals surface area contributed by atoms with Gasteiger partial charge in [-0.2, -0.15) is 0 Å². The molecule has 0 saturated heterocycles. The maximum Gasteiger partial charge on any atom is 0.123 e. The topological polar surface area (TPSA) is 21.3 Å². The first kappa shape index (κ1) is 13.4. The molecule has 1 atom stereocenters. The summed E-state index contributed by atoms with van der Waals surface area (Å²) in [4.78, 5) is 0. The lowest BCUT2D eigenvalue weighted by Crippen LogP contribution is -2.31. The molecule has 1 aromatic carbocycles. The number of hydrogen-bond acceptors (Lipinski definition) is 2. The van der Waals surface area contributed by atoms with Crippen molar-refractivity contribution in [1.82, 2.24) is 5.32 Å². The van der Waals surface area contributed by atoms with Gasteiger partial charge in [0.2, 0.25) is 0 Å². The van der Waals surface area contributed by atoms with Crippen LogP contribution in [0, 0.1) is 12.8 Å². The lowest BCUT2D eigenvalue weighted by atomic mass is 9.99. The van der Waals surface area contributed by atoms with E-state index in [9.17, 15) is 0 Å². The number of hydrogen-bond donors (Lipinski definition) is 1. The van der Waals surface area contributed by atoms with Gasteiger partial charge < -0.3 is 10.1 Å². The Morgan fingerprint density at radius 1 is 1.33 bits per heavy atom. The Hall–Kier alpha value is -1.02. The lowest BCUT2D eigenvalue weighted by Gasteiger charge is -2.21. The molecule has 1 aliphatic rings. The Kier molecular flexibility index (Phi) is 4.65. The molecule has 0 aliphatic heterocycles. The van der Waals surface area contributed by atoms with Crippen molar-refractivity contribution < 1.29 is 4.74 Å². The summed E-state index contributed by atoms with van der Waals surface area (Å²) in [5.74, 6) is 1.85. The highest BCUT2D eigenvalue weighted by Crippen LogP contribution is 2.28. The van der Waals surface area contributed by atoms with Crippen LogP contribution in [0.4, 0.5) is 0 Å². The summed E-state index contributed by atoms with van der Waals surface area (Å²) >= 11 is 0. The highest BCUT2D eigenvalue weighted by molar-refractivity contribution is 5.36. The van der Waals surface area contributed by atoms with Crippen LogP contribution in [0.5, 0.6) is 5.75 Å². The first-order valence-electron chi connectivity index (χ1n) is 7.07. The smallest absolute Gasteiger partial charge is 0.123 e. The molecule has 1 aliphatic carbocycles. The molecule has 0 aromatic heterocycles. The molecule has 1 aromatic rings. The van der Waals surface area contributed by atoms with Crippen LogP contribution < -0.4 is 10.1 Å². The second-order valence-corrected chi connectivity index (χ2v) is 5.53. The molecule has 0 radical (unpaired) electrons. The fraction of sp³-hybridized carbons (Fsp3) is 0.625. The molecule has 2 rings (SSSR count). The molecule has 1 saturated carbocycles.